The number of rotatable bonds is 6. The summed E-state index contributed by atoms with van der Waals surface area (Å²) in [6.45, 7) is 19.7. The second-order valence-corrected chi connectivity index (χ2v) is 5.84. The summed E-state index contributed by atoms with van der Waals surface area (Å²) in [5, 5.41) is 1.03. The molecule has 0 radical (unpaired) electrons. The predicted octanol–water partition coefficient (Wildman–Crippen LogP) is 7.57. The van der Waals surface area contributed by atoms with Gasteiger partial charge in [-0.25, -0.2) is 0 Å². The Balaban J connectivity index is 0.00000136. The van der Waals surface area contributed by atoms with E-state index in [2.05, 4.69) is 54.6 Å². The molecule has 0 amide bonds. The highest BCUT2D eigenvalue weighted by Gasteiger charge is 2.14. The van der Waals surface area contributed by atoms with E-state index < -0.39 is 0 Å². The maximum absolute atomic E-state index is 4.56. The molecule has 2 nitrogen and oxygen atoms in total. The molecular formula is C26H26N2. The Bertz CT molecular complexity index is 1040. The zero-order valence-corrected chi connectivity index (χ0v) is 16.7. The number of allylic oxidation sites excluding steroid dienone is 5. The molecule has 3 aromatic rings. The summed E-state index contributed by atoms with van der Waals surface area (Å²) in [7, 11) is 0. The molecule has 0 saturated heterocycles. The van der Waals surface area contributed by atoms with Gasteiger partial charge in [0.2, 0.25) is 0 Å². The summed E-state index contributed by atoms with van der Waals surface area (Å²) in [6, 6.07) is 16.3. The minimum Gasteiger partial charge on any atom is -0.262 e. The molecule has 0 unspecified atom stereocenters. The SMILES string of the molecule is C=C/C=C\C(=C)C(=C)c1ccc2c(-c3ccccc3)ccnc2c1N=C.CC. The number of nitrogens with zero attached hydrogens (tertiary/aromatic N) is 2. The Hall–Kier alpha value is -3.52. The lowest BCUT2D eigenvalue weighted by atomic mass is 9.94. The van der Waals surface area contributed by atoms with E-state index in [4.69, 9.17) is 0 Å². The van der Waals surface area contributed by atoms with E-state index in [9.17, 15) is 0 Å². The lowest BCUT2D eigenvalue weighted by Gasteiger charge is -2.13. The van der Waals surface area contributed by atoms with Crippen molar-refractivity contribution in [2.24, 2.45) is 4.99 Å². The molecule has 0 atom stereocenters. The van der Waals surface area contributed by atoms with Gasteiger partial charge in [0.05, 0.1) is 11.2 Å². The van der Waals surface area contributed by atoms with Crippen LogP contribution >= 0.6 is 0 Å². The highest BCUT2D eigenvalue weighted by molar-refractivity contribution is 6.04. The highest BCUT2D eigenvalue weighted by atomic mass is 14.8. The number of aromatic nitrogens is 1. The largest absolute Gasteiger partial charge is 0.262 e. The molecule has 0 bridgehead atoms. The first-order valence-corrected chi connectivity index (χ1v) is 9.29. The van der Waals surface area contributed by atoms with E-state index in [0.29, 0.717) is 0 Å². The lowest BCUT2D eigenvalue weighted by molar-refractivity contribution is 1.38. The molecule has 2 heteroatoms. The molecule has 1 heterocycles. The van der Waals surface area contributed by atoms with Crippen LogP contribution in [0.2, 0.25) is 0 Å². The molecule has 0 aliphatic heterocycles. The molecule has 3 rings (SSSR count). The monoisotopic (exact) mass is 366 g/mol. The van der Waals surface area contributed by atoms with E-state index in [0.717, 1.165) is 44.4 Å². The van der Waals surface area contributed by atoms with Gasteiger partial charge in [-0.1, -0.05) is 94.3 Å². The van der Waals surface area contributed by atoms with Crippen molar-refractivity contribution in [3.05, 3.63) is 104 Å². The number of benzene rings is 2. The minimum absolute atomic E-state index is 0.721. The third-order valence-corrected chi connectivity index (χ3v) is 4.28. The number of hydrogen-bond donors (Lipinski definition) is 0. The van der Waals surface area contributed by atoms with Crippen LogP contribution in [0.4, 0.5) is 5.69 Å². The van der Waals surface area contributed by atoms with Crippen LogP contribution in [-0.4, -0.2) is 11.7 Å². The Labute approximate surface area is 168 Å². The van der Waals surface area contributed by atoms with Gasteiger partial charge < -0.3 is 0 Å². The number of fused-ring (bicyclic) bond motifs is 1. The van der Waals surface area contributed by atoms with Gasteiger partial charge in [0.25, 0.3) is 0 Å². The van der Waals surface area contributed by atoms with Gasteiger partial charge in [-0.05, 0) is 35.1 Å². The van der Waals surface area contributed by atoms with Gasteiger partial charge in [0.1, 0.15) is 0 Å². The summed E-state index contributed by atoms with van der Waals surface area (Å²) < 4.78 is 0. The predicted molar refractivity (Wildman–Crippen MR) is 125 cm³/mol. The van der Waals surface area contributed by atoms with Crippen molar-refractivity contribution in [1.29, 1.82) is 0 Å². The molecule has 0 spiro atoms. The van der Waals surface area contributed by atoms with Crippen LogP contribution in [0.5, 0.6) is 0 Å². The van der Waals surface area contributed by atoms with E-state index in [-0.39, 0.29) is 0 Å². The van der Waals surface area contributed by atoms with E-state index in [1.807, 2.05) is 56.3 Å². The topological polar surface area (TPSA) is 25.2 Å². The fourth-order valence-corrected chi connectivity index (χ4v) is 2.93. The van der Waals surface area contributed by atoms with Crippen molar-refractivity contribution in [2.75, 3.05) is 0 Å². The van der Waals surface area contributed by atoms with Gasteiger partial charge >= 0.3 is 0 Å². The Morgan fingerprint density at radius 1 is 1.00 bits per heavy atom. The molecule has 0 fully saturated rings. The summed E-state index contributed by atoms with van der Waals surface area (Å²) in [5.41, 5.74) is 6.25. The molecule has 2 aromatic carbocycles. The van der Waals surface area contributed by atoms with Crippen molar-refractivity contribution in [3.8, 4) is 11.1 Å². The molecule has 0 saturated carbocycles. The molecule has 1 aromatic heterocycles. The average molecular weight is 367 g/mol. The van der Waals surface area contributed by atoms with Gasteiger partial charge in [0.15, 0.2) is 0 Å². The van der Waals surface area contributed by atoms with Crippen molar-refractivity contribution < 1.29 is 0 Å². The Morgan fingerprint density at radius 2 is 1.71 bits per heavy atom. The fraction of sp³-hybridized carbons (Fsp3) is 0.0769. The van der Waals surface area contributed by atoms with Crippen LogP contribution in [0.1, 0.15) is 19.4 Å². The summed E-state index contributed by atoms with van der Waals surface area (Å²) in [5.74, 6) is 0. The van der Waals surface area contributed by atoms with Crippen molar-refractivity contribution in [2.45, 2.75) is 13.8 Å². The third kappa shape index (κ3) is 4.24. The lowest BCUT2D eigenvalue weighted by Crippen LogP contribution is -1.91. The number of pyridine rings is 1. The summed E-state index contributed by atoms with van der Waals surface area (Å²) in [4.78, 5) is 8.82. The van der Waals surface area contributed by atoms with Crippen LogP contribution < -0.4 is 0 Å². The first kappa shape index (κ1) is 20.8. The maximum atomic E-state index is 4.56. The minimum atomic E-state index is 0.721. The summed E-state index contributed by atoms with van der Waals surface area (Å²) >= 11 is 0. The zero-order valence-electron chi connectivity index (χ0n) is 16.7. The molecule has 140 valence electrons. The number of aliphatic imine (C=N–C) groups is 1. The molecule has 0 aliphatic carbocycles. The standard InChI is InChI=1S/C24H20N2.C2H6/c1-5-6-10-17(2)18(3)20-13-14-22-21(19-11-8-7-9-12-19)15-16-26-24(22)23(20)25-4;1-2/h5-16H,1-4H2;1-2H3/b10-6-;. The van der Waals surface area contributed by atoms with Crippen LogP contribution in [-0.2, 0) is 0 Å². The van der Waals surface area contributed by atoms with E-state index >= 15 is 0 Å². The molecule has 0 N–H and O–H groups in total. The van der Waals surface area contributed by atoms with Crippen LogP contribution in [0.15, 0.2) is 103 Å². The fourth-order valence-electron chi connectivity index (χ4n) is 2.93. The third-order valence-electron chi connectivity index (χ3n) is 4.28. The molecule has 28 heavy (non-hydrogen) atoms. The van der Waals surface area contributed by atoms with Crippen LogP contribution in [0.25, 0.3) is 27.6 Å². The maximum Gasteiger partial charge on any atom is 0.0970 e. The van der Waals surface area contributed by atoms with Crippen LogP contribution in [0, 0.1) is 0 Å². The first-order chi connectivity index (χ1) is 13.7. The second-order valence-electron chi connectivity index (χ2n) is 5.84. The number of hydrogen-bond acceptors (Lipinski definition) is 2. The zero-order chi connectivity index (χ0) is 20.5. The Kier molecular flexibility index (Phi) is 7.41. The van der Waals surface area contributed by atoms with Gasteiger partial charge in [-0.15, -0.1) is 0 Å². The van der Waals surface area contributed by atoms with Crippen LogP contribution in [0.3, 0.4) is 0 Å². The van der Waals surface area contributed by atoms with E-state index in [1.165, 1.54) is 0 Å². The first-order valence-electron chi connectivity index (χ1n) is 9.29. The smallest absolute Gasteiger partial charge is 0.0970 e. The quantitative estimate of drug-likeness (QED) is 0.326. The molecule has 0 aliphatic rings. The highest BCUT2D eigenvalue weighted by Crippen LogP contribution is 2.38. The normalized spacial score (nSPS) is 10.2. The summed E-state index contributed by atoms with van der Waals surface area (Å²) in [6.07, 6.45) is 7.22. The van der Waals surface area contributed by atoms with E-state index in [1.54, 1.807) is 12.3 Å². The second kappa shape index (κ2) is 9.98. The van der Waals surface area contributed by atoms with Crippen molar-refractivity contribution in [3.63, 3.8) is 0 Å². The van der Waals surface area contributed by atoms with Crippen molar-refractivity contribution in [1.82, 2.24) is 4.98 Å². The van der Waals surface area contributed by atoms with Gasteiger partial charge in [-0.3, -0.25) is 9.98 Å². The van der Waals surface area contributed by atoms with Gasteiger partial charge in [0, 0.05) is 17.1 Å². The molecular weight excluding hydrogens is 340 g/mol. The average Bonchev–Trinajstić information content (AvgIpc) is 2.77. The van der Waals surface area contributed by atoms with Crippen molar-refractivity contribution >= 4 is 28.9 Å². The van der Waals surface area contributed by atoms with Gasteiger partial charge in [-0.2, -0.15) is 0 Å². The Morgan fingerprint density at radius 3 is 2.36 bits per heavy atom.